The zero-order chi connectivity index (χ0) is 15.0. The fourth-order valence-corrected chi connectivity index (χ4v) is 3.67. The Labute approximate surface area is 124 Å². The first-order valence-corrected chi connectivity index (χ1v) is 7.62. The van der Waals surface area contributed by atoms with Gasteiger partial charge in [0, 0.05) is 30.7 Å². The molecule has 3 atom stereocenters. The minimum Gasteiger partial charge on any atom is -0.387 e. The van der Waals surface area contributed by atoms with Gasteiger partial charge in [-0.15, -0.1) is 0 Å². The van der Waals surface area contributed by atoms with E-state index in [0.717, 1.165) is 25.6 Å². The number of aliphatic hydroxyl groups is 1. The Hall–Kier alpha value is -1.04. The molecule has 3 unspecified atom stereocenters. The van der Waals surface area contributed by atoms with Crippen LogP contribution in [0.3, 0.4) is 0 Å². The average Bonchev–Trinajstić information content (AvgIpc) is 2.70. The maximum Gasteiger partial charge on any atom is 0.164 e. The van der Waals surface area contributed by atoms with Crippen molar-refractivity contribution in [2.75, 3.05) is 26.7 Å². The van der Waals surface area contributed by atoms with Crippen LogP contribution in [-0.4, -0.2) is 53.7 Å². The van der Waals surface area contributed by atoms with E-state index in [1.54, 1.807) is 0 Å². The fraction of sp³-hybridized carbons (Fsp3) is 0.625. The van der Waals surface area contributed by atoms with E-state index in [2.05, 4.69) is 16.8 Å². The Kier molecular flexibility index (Phi) is 4.24. The standard InChI is InChI=1S/C16H22F2N2O/c1-19-11-5-6-12(19)9-20(8-7-11)10-15(21)13-3-2-4-14(17)16(13)18/h2-4,11-12,15,21H,5-10H2,1H3. The van der Waals surface area contributed by atoms with Gasteiger partial charge >= 0.3 is 0 Å². The molecule has 0 spiro atoms. The monoisotopic (exact) mass is 296 g/mol. The number of nitrogens with zero attached hydrogens (tertiary/aromatic N) is 2. The van der Waals surface area contributed by atoms with Gasteiger partial charge < -0.3 is 5.11 Å². The zero-order valence-corrected chi connectivity index (χ0v) is 12.3. The molecule has 116 valence electrons. The number of aliphatic hydroxyl groups excluding tert-OH is 1. The summed E-state index contributed by atoms with van der Waals surface area (Å²) < 4.78 is 27.0. The normalized spacial score (nSPS) is 28.6. The lowest BCUT2D eigenvalue weighted by atomic mass is 10.1. The number of likely N-dealkylation sites (tertiary alicyclic amines) is 1. The molecular formula is C16H22F2N2O. The largest absolute Gasteiger partial charge is 0.387 e. The second kappa shape index (κ2) is 5.99. The number of halogens is 2. The molecule has 2 aliphatic heterocycles. The van der Waals surface area contributed by atoms with E-state index in [9.17, 15) is 13.9 Å². The first-order valence-electron chi connectivity index (χ1n) is 7.62. The van der Waals surface area contributed by atoms with Gasteiger partial charge in [-0.05, 0) is 38.9 Å². The molecule has 2 heterocycles. The molecule has 2 fully saturated rings. The lowest BCUT2D eigenvalue weighted by Gasteiger charge is -2.27. The summed E-state index contributed by atoms with van der Waals surface area (Å²) in [6.07, 6.45) is 2.52. The van der Waals surface area contributed by atoms with Gasteiger partial charge in [-0.2, -0.15) is 0 Å². The van der Waals surface area contributed by atoms with Crippen LogP contribution < -0.4 is 0 Å². The Morgan fingerprint density at radius 2 is 2.00 bits per heavy atom. The second-order valence-electron chi connectivity index (χ2n) is 6.26. The fourth-order valence-electron chi connectivity index (χ4n) is 3.67. The van der Waals surface area contributed by atoms with Gasteiger partial charge in [0.05, 0.1) is 6.10 Å². The van der Waals surface area contributed by atoms with Crippen LogP contribution >= 0.6 is 0 Å². The van der Waals surface area contributed by atoms with Crippen LogP contribution in [0, 0.1) is 11.6 Å². The van der Waals surface area contributed by atoms with Crippen LogP contribution in [0.15, 0.2) is 18.2 Å². The molecular weight excluding hydrogens is 274 g/mol. The quantitative estimate of drug-likeness (QED) is 0.926. The molecule has 1 aromatic rings. The maximum absolute atomic E-state index is 13.7. The molecule has 2 aliphatic rings. The highest BCUT2D eigenvalue weighted by atomic mass is 19.2. The number of benzene rings is 1. The summed E-state index contributed by atoms with van der Waals surface area (Å²) in [5.74, 6) is -1.83. The van der Waals surface area contributed by atoms with Crippen molar-refractivity contribution in [1.82, 2.24) is 9.80 Å². The highest BCUT2D eigenvalue weighted by molar-refractivity contribution is 5.21. The molecule has 3 rings (SSSR count). The Bertz CT molecular complexity index is 511. The van der Waals surface area contributed by atoms with Crippen LogP contribution in [0.2, 0.25) is 0 Å². The molecule has 1 N–H and O–H groups in total. The predicted octanol–water partition coefficient (Wildman–Crippen LogP) is 2.17. The summed E-state index contributed by atoms with van der Waals surface area (Å²) in [7, 11) is 2.16. The number of fused-ring (bicyclic) bond motifs is 2. The lowest BCUT2D eigenvalue weighted by Crippen LogP contribution is -2.38. The number of β-amino-alcohol motifs (C(OH)–C–C–N with tert-alkyl or cyclic N) is 1. The molecule has 1 aromatic carbocycles. The molecule has 5 heteroatoms. The third-order valence-corrected chi connectivity index (χ3v) is 5.00. The average molecular weight is 296 g/mol. The summed E-state index contributed by atoms with van der Waals surface area (Å²) in [5.41, 5.74) is 0.0535. The third-order valence-electron chi connectivity index (χ3n) is 5.00. The van der Waals surface area contributed by atoms with Gasteiger partial charge in [0.2, 0.25) is 0 Å². The lowest BCUT2D eigenvalue weighted by molar-refractivity contribution is 0.103. The van der Waals surface area contributed by atoms with E-state index >= 15 is 0 Å². The number of rotatable bonds is 3. The van der Waals surface area contributed by atoms with Crippen LogP contribution in [0.4, 0.5) is 8.78 Å². The van der Waals surface area contributed by atoms with E-state index in [1.807, 2.05) is 0 Å². The molecule has 2 saturated heterocycles. The maximum atomic E-state index is 13.7. The smallest absolute Gasteiger partial charge is 0.164 e. The van der Waals surface area contributed by atoms with Gasteiger partial charge in [-0.25, -0.2) is 8.78 Å². The van der Waals surface area contributed by atoms with Crippen LogP contribution in [0.5, 0.6) is 0 Å². The summed E-state index contributed by atoms with van der Waals surface area (Å²) in [6, 6.07) is 5.12. The predicted molar refractivity (Wildman–Crippen MR) is 76.9 cm³/mol. The van der Waals surface area contributed by atoms with Crippen molar-refractivity contribution in [3.05, 3.63) is 35.4 Å². The number of hydrogen-bond acceptors (Lipinski definition) is 3. The molecule has 0 aliphatic carbocycles. The van der Waals surface area contributed by atoms with Crippen molar-refractivity contribution >= 4 is 0 Å². The Balaban J connectivity index is 1.67. The van der Waals surface area contributed by atoms with E-state index < -0.39 is 17.7 Å². The van der Waals surface area contributed by atoms with Crippen LogP contribution in [0.25, 0.3) is 0 Å². The van der Waals surface area contributed by atoms with Gasteiger partial charge in [-0.1, -0.05) is 12.1 Å². The van der Waals surface area contributed by atoms with E-state index in [-0.39, 0.29) is 5.56 Å². The summed E-state index contributed by atoms with van der Waals surface area (Å²) >= 11 is 0. The third kappa shape index (κ3) is 2.96. The van der Waals surface area contributed by atoms with Gasteiger partial charge in [0.25, 0.3) is 0 Å². The van der Waals surface area contributed by atoms with Crippen molar-refractivity contribution in [3.63, 3.8) is 0 Å². The number of hydrogen-bond donors (Lipinski definition) is 1. The van der Waals surface area contributed by atoms with Crippen LogP contribution in [0.1, 0.15) is 30.9 Å². The van der Waals surface area contributed by atoms with E-state index in [0.29, 0.717) is 18.6 Å². The summed E-state index contributed by atoms with van der Waals surface area (Å²) in [4.78, 5) is 4.60. The van der Waals surface area contributed by atoms with Crippen molar-refractivity contribution in [3.8, 4) is 0 Å². The van der Waals surface area contributed by atoms with Crippen molar-refractivity contribution in [2.24, 2.45) is 0 Å². The first kappa shape index (κ1) is 14.9. The minimum atomic E-state index is -0.984. The molecule has 0 aromatic heterocycles. The van der Waals surface area contributed by atoms with Gasteiger partial charge in [-0.3, -0.25) is 9.80 Å². The highest BCUT2D eigenvalue weighted by Crippen LogP contribution is 2.29. The SMILES string of the molecule is CN1C2CCC1CN(CC(O)c1cccc(F)c1F)CC2. The van der Waals surface area contributed by atoms with Gasteiger partial charge in [0.1, 0.15) is 0 Å². The second-order valence-corrected chi connectivity index (χ2v) is 6.26. The van der Waals surface area contributed by atoms with E-state index in [1.165, 1.54) is 25.0 Å². The number of likely N-dealkylation sites (N-methyl/N-ethyl adjacent to an activating group) is 1. The molecule has 0 radical (unpaired) electrons. The van der Waals surface area contributed by atoms with Crippen molar-refractivity contribution < 1.29 is 13.9 Å². The van der Waals surface area contributed by atoms with Gasteiger partial charge in [0.15, 0.2) is 11.6 Å². The van der Waals surface area contributed by atoms with Crippen LogP contribution in [-0.2, 0) is 0 Å². The van der Waals surface area contributed by atoms with E-state index in [4.69, 9.17) is 0 Å². The first-order chi connectivity index (χ1) is 10.1. The van der Waals surface area contributed by atoms with Crippen molar-refractivity contribution in [1.29, 1.82) is 0 Å². The highest BCUT2D eigenvalue weighted by Gasteiger charge is 2.35. The minimum absolute atomic E-state index is 0.0535. The summed E-state index contributed by atoms with van der Waals surface area (Å²) in [5, 5.41) is 10.2. The molecule has 2 bridgehead atoms. The summed E-state index contributed by atoms with van der Waals surface area (Å²) in [6.45, 7) is 2.15. The topological polar surface area (TPSA) is 26.7 Å². The Morgan fingerprint density at radius 3 is 2.81 bits per heavy atom. The zero-order valence-electron chi connectivity index (χ0n) is 12.3. The Morgan fingerprint density at radius 1 is 1.24 bits per heavy atom. The van der Waals surface area contributed by atoms with Crippen molar-refractivity contribution in [2.45, 2.75) is 37.5 Å². The molecule has 21 heavy (non-hydrogen) atoms. The molecule has 0 saturated carbocycles. The molecule has 0 amide bonds. The molecule has 3 nitrogen and oxygen atoms in total.